The Balaban J connectivity index is 1.86. The van der Waals surface area contributed by atoms with Crippen LogP contribution in [0.1, 0.15) is 15.2 Å². The van der Waals surface area contributed by atoms with Gasteiger partial charge in [0.25, 0.3) is 5.91 Å². The topological polar surface area (TPSA) is 73.6 Å². The first-order valence-electron chi connectivity index (χ1n) is 5.81. The number of amides is 1. The number of benzene rings is 1. The summed E-state index contributed by atoms with van der Waals surface area (Å²) in [4.78, 5) is 12.8. The number of hydrogen-bond donors (Lipinski definition) is 2. The highest BCUT2D eigenvalue weighted by atomic mass is 79.9. The third kappa shape index (κ3) is 2.34. The van der Waals surface area contributed by atoms with E-state index in [1.807, 2.05) is 13.0 Å². The van der Waals surface area contributed by atoms with Gasteiger partial charge in [0, 0.05) is 12.1 Å². The number of ether oxygens (including phenoxy) is 2. The van der Waals surface area contributed by atoms with Gasteiger partial charge in [0.2, 0.25) is 6.79 Å². The van der Waals surface area contributed by atoms with Crippen molar-refractivity contribution in [3.05, 3.63) is 32.4 Å². The van der Waals surface area contributed by atoms with Crippen LogP contribution in [0.3, 0.4) is 0 Å². The molecule has 2 heterocycles. The van der Waals surface area contributed by atoms with Gasteiger partial charge in [-0.1, -0.05) is 0 Å². The molecule has 2 aromatic rings. The van der Waals surface area contributed by atoms with Crippen molar-refractivity contribution in [2.24, 2.45) is 0 Å². The number of nitrogens with two attached hydrogens (primary N) is 1. The molecule has 0 bridgehead atoms. The molecule has 104 valence electrons. The van der Waals surface area contributed by atoms with Crippen molar-refractivity contribution in [2.75, 3.05) is 17.8 Å². The Bertz CT molecular complexity index is 680. The Hall–Kier alpha value is -1.73. The maximum atomic E-state index is 12.2. The number of nitrogen functional groups attached to an aromatic ring is 1. The van der Waals surface area contributed by atoms with E-state index in [2.05, 4.69) is 21.2 Å². The number of nitrogens with one attached hydrogen (secondary N) is 1. The van der Waals surface area contributed by atoms with E-state index < -0.39 is 0 Å². The third-order valence-electron chi connectivity index (χ3n) is 2.87. The lowest BCUT2D eigenvalue weighted by atomic mass is 10.2. The van der Waals surface area contributed by atoms with Gasteiger partial charge in [-0.05, 0) is 34.5 Å². The maximum Gasteiger partial charge on any atom is 0.265 e. The van der Waals surface area contributed by atoms with Crippen molar-refractivity contribution in [1.29, 1.82) is 0 Å². The fraction of sp³-hybridized carbons (Fsp3) is 0.154. The molecule has 1 aliphatic heterocycles. The summed E-state index contributed by atoms with van der Waals surface area (Å²) >= 11 is 4.78. The molecule has 0 saturated heterocycles. The number of hydrogen-bond acceptors (Lipinski definition) is 5. The fourth-order valence-corrected chi connectivity index (χ4v) is 3.25. The van der Waals surface area contributed by atoms with Crippen molar-refractivity contribution < 1.29 is 14.3 Å². The van der Waals surface area contributed by atoms with Crippen LogP contribution in [-0.2, 0) is 0 Å². The lowest BCUT2D eigenvalue weighted by Crippen LogP contribution is -2.11. The molecule has 0 fully saturated rings. The minimum absolute atomic E-state index is 0.170. The Morgan fingerprint density at radius 3 is 2.70 bits per heavy atom. The largest absolute Gasteiger partial charge is 0.454 e. The SMILES string of the molecule is Cc1cc(C(=O)Nc2cc3c(cc2N)OCO3)sc1Br. The van der Waals surface area contributed by atoms with Crippen molar-refractivity contribution in [2.45, 2.75) is 6.92 Å². The van der Waals surface area contributed by atoms with Gasteiger partial charge in [0.05, 0.1) is 20.0 Å². The second kappa shape index (κ2) is 4.99. The number of halogens is 1. The maximum absolute atomic E-state index is 12.2. The highest BCUT2D eigenvalue weighted by Crippen LogP contribution is 2.38. The molecule has 0 atom stereocenters. The summed E-state index contributed by atoms with van der Waals surface area (Å²) < 4.78 is 11.4. The molecule has 3 N–H and O–H groups in total. The van der Waals surface area contributed by atoms with Crippen molar-refractivity contribution >= 4 is 44.5 Å². The molecule has 3 rings (SSSR count). The minimum atomic E-state index is -0.200. The molecule has 0 saturated carbocycles. The lowest BCUT2D eigenvalue weighted by Gasteiger charge is -2.08. The van der Waals surface area contributed by atoms with Gasteiger partial charge < -0.3 is 20.5 Å². The first-order chi connectivity index (χ1) is 9.54. The predicted octanol–water partition coefficient (Wildman–Crippen LogP) is 3.38. The van der Waals surface area contributed by atoms with E-state index in [9.17, 15) is 4.79 Å². The molecule has 1 aliphatic rings. The molecular formula is C13H11BrN2O3S. The standard InChI is InChI=1S/C13H11BrN2O3S/c1-6-2-11(20-12(6)14)13(17)16-8-4-10-9(3-7(8)15)18-5-19-10/h2-4H,5,15H2,1H3,(H,16,17). The molecule has 1 aromatic heterocycles. The predicted molar refractivity (Wildman–Crippen MR) is 81.7 cm³/mol. The number of aryl methyl sites for hydroxylation is 1. The Kier molecular flexibility index (Phi) is 3.31. The number of rotatable bonds is 2. The molecule has 1 aromatic carbocycles. The summed E-state index contributed by atoms with van der Waals surface area (Å²) in [6.07, 6.45) is 0. The monoisotopic (exact) mass is 354 g/mol. The van der Waals surface area contributed by atoms with Crippen LogP contribution in [-0.4, -0.2) is 12.7 Å². The fourth-order valence-electron chi connectivity index (χ4n) is 1.82. The van der Waals surface area contributed by atoms with Gasteiger partial charge in [0.15, 0.2) is 11.5 Å². The zero-order chi connectivity index (χ0) is 14.3. The number of carbonyl (C=O) groups excluding carboxylic acids is 1. The first kappa shape index (κ1) is 13.3. The Labute approximate surface area is 127 Å². The Morgan fingerprint density at radius 1 is 1.35 bits per heavy atom. The van der Waals surface area contributed by atoms with Crippen LogP contribution in [0.4, 0.5) is 11.4 Å². The summed E-state index contributed by atoms with van der Waals surface area (Å²) in [5.74, 6) is 0.975. The van der Waals surface area contributed by atoms with Crippen LogP contribution in [0, 0.1) is 6.92 Å². The van der Waals surface area contributed by atoms with Crippen LogP contribution >= 0.6 is 27.3 Å². The minimum Gasteiger partial charge on any atom is -0.454 e. The lowest BCUT2D eigenvalue weighted by molar-refractivity contribution is 0.103. The van der Waals surface area contributed by atoms with Crippen molar-refractivity contribution in [1.82, 2.24) is 0 Å². The first-order valence-corrected chi connectivity index (χ1v) is 7.42. The van der Waals surface area contributed by atoms with Gasteiger partial charge in [-0.25, -0.2) is 0 Å². The van der Waals surface area contributed by atoms with E-state index >= 15 is 0 Å². The summed E-state index contributed by atoms with van der Waals surface area (Å²) in [5, 5.41) is 2.79. The van der Waals surface area contributed by atoms with E-state index in [4.69, 9.17) is 15.2 Å². The molecule has 0 spiro atoms. The summed E-state index contributed by atoms with van der Waals surface area (Å²) in [7, 11) is 0. The number of fused-ring (bicyclic) bond motifs is 1. The van der Waals surface area contributed by atoms with Crippen LogP contribution in [0.2, 0.25) is 0 Å². The molecule has 5 nitrogen and oxygen atoms in total. The van der Waals surface area contributed by atoms with Gasteiger partial charge >= 0.3 is 0 Å². The highest BCUT2D eigenvalue weighted by molar-refractivity contribution is 9.11. The third-order valence-corrected chi connectivity index (χ3v) is 5.01. The summed E-state index contributed by atoms with van der Waals surface area (Å²) in [6, 6.07) is 5.14. The van der Waals surface area contributed by atoms with Gasteiger partial charge in [-0.2, -0.15) is 0 Å². The van der Waals surface area contributed by atoms with Crippen molar-refractivity contribution in [3.63, 3.8) is 0 Å². The van der Waals surface area contributed by atoms with E-state index in [0.717, 1.165) is 9.35 Å². The molecule has 0 aliphatic carbocycles. The van der Waals surface area contributed by atoms with Crippen LogP contribution < -0.4 is 20.5 Å². The summed E-state index contributed by atoms with van der Waals surface area (Å²) in [5.41, 5.74) is 7.88. The number of anilines is 2. The van der Waals surface area contributed by atoms with Gasteiger partial charge in [-0.3, -0.25) is 4.79 Å². The van der Waals surface area contributed by atoms with Crippen LogP contribution in [0.15, 0.2) is 22.0 Å². The number of carbonyl (C=O) groups is 1. The highest BCUT2D eigenvalue weighted by Gasteiger charge is 2.18. The molecule has 20 heavy (non-hydrogen) atoms. The van der Waals surface area contributed by atoms with E-state index in [1.165, 1.54) is 11.3 Å². The second-order valence-electron chi connectivity index (χ2n) is 4.31. The molecular weight excluding hydrogens is 344 g/mol. The summed E-state index contributed by atoms with van der Waals surface area (Å²) in [6.45, 7) is 2.11. The average Bonchev–Trinajstić information content (AvgIpc) is 2.97. The molecule has 7 heteroatoms. The average molecular weight is 355 g/mol. The Morgan fingerprint density at radius 2 is 2.05 bits per heavy atom. The quantitative estimate of drug-likeness (QED) is 0.810. The van der Waals surface area contributed by atoms with Crippen molar-refractivity contribution in [3.8, 4) is 11.5 Å². The van der Waals surface area contributed by atoms with Gasteiger partial charge in [0.1, 0.15) is 0 Å². The number of thiophene rings is 1. The smallest absolute Gasteiger partial charge is 0.265 e. The molecule has 0 radical (unpaired) electrons. The molecule has 0 unspecified atom stereocenters. The van der Waals surface area contributed by atoms with Gasteiger partial charge in [-0.15, -0.1) is 11.3 Å². The normalized spacial score (nSPS) is 12.5. The zero-order valence-corrected chi connectivity index (χ0v) is 12.9. The van der Waals surface area contributed by atoms with E-state index in [0.29, 0.717) is 27.8 Å². The van der Waals surface area contributed by atoms with Crippen LogP contribution in [0.5, 0.6) is 11.5 Å². The van der Waals surface area contributed by atoms with E-state index in [1.54, 1.807) is 12.1 Å². The molecule has 1 amide bonds. The zero-order valence-electron chi connectivity index (χ0n) is 10.5. The second-order valence-corrected chi connectivity index (χ2v) is 6.68. The van der Waals surface area contributed by atoms with Crippen LogP contribution in [0.25, 0.3) is 0 Å². The van der Waals surface area contributed by atoms with E-state index in [-0.39, 0.29) is 12.7 Å².